The monoisotopic (exact) mass is 271 g/mol. The fourth-order valence-corrected chi connectivity index (χ4v) is 3.22. The van der Waals surface area contributed by atoms with Crippen LogP contribution in [-0.4, -0.2) is 18.1 Å². The van der Waals surface area contributed by atoms with Gasteiger partial charge in [0.15, 0.2) is 0 Å². The number of hydrogen-bond acceptors (Lipinski definition) is 3. The van der Waals surface area contributed by atoms with Gasteiger partial charge in [-0.15, -0.1) is 0 Å². The van der Waals surface area contributed by atoms with E-state index in [4.69, 9.17) is 11.6 Å². The maximum Gasteiger partial charge on any atom is 0.122 e. The average Bonchev–Trinajstić information content (AvgIpc) is 2.77. The fourth-order valence-electron chi connectivity index (χ4n) is 2.99. The first kappa shape index (κ1) is 11.0. The van der Waals surface area contributed by atoms with Crippen LogP contribution < -0.4 is 21.1 Å². The quantitative estimate of drug-likeness (QED) is 0.745. The van der Waals surface area contributed by atoms with Crippen LogP contribution in [0.15, 0.2) is 30.6 Å². The summed E-state index contributed by atoms with van der Waals surface area (Å²) in [5.74, 6) is 0. The molecule has 1 aromatic carbocycles. The van der Waals surface area contributed by atoms with Crippen LogP contribution in [0.3, 0.4) is 0 Å². The molecule has 0 saturated carbocycles. The van der Waals surface area contributed by atoms with E-state index in [2.05, 4.69) is 47.0 Å². The molecular formula is C15H14ClN3. The summed E-state index contributed by atoms with van der Waals surface area (Å²) in [6, 6.07) is 4.38. The number of nitrogens with one attached hydrogen (secondary N) is 2. The molecule has 0 saturated heterocycles. The topological polar surface area (TPSA) is 27.3 Å². The van der Waals surface area contributed by atoms with Gasteiger partial charge in [-0.3, -0.25) is 0 Å². The van der Waals surface area contributed by atoms with Crippen molar-refractivity contribution in [2.75, 3.05) is 12.4 Å². The summed E-state index contributed by atoms with van der Waals surface area (Å²) in [7, 11) is 2.10. The van der Waals surface area contributed by atoms with E-state index in [1.165, 1.54) is 16.5 Å². The first-order valence-electron chi connectivity index (χ1n) is 6.38. The second-order valence-electron chi connectivity index (χ2n) is 5.11. The second-order valence-corrected chi connectivity index (χ2v) is 5.52. The SMILES string of the molecule is CN1C=CCC2=c3cc4c(cc3NC21)=CNC=C4Cl. The van der Waals surface area contributed by atoms with Crippen LogP contribution in [0.25, 0.3) is 16.8 Å². The fraction of sp³-hybridized carbons (Fsp3) is 0.200. The molecule has 0 spiro atoms. The standard InChI is InChI=1S/C15H14ClN3/c1-19-4-2-3-10-12-6-11-9(7-17-8-13(11)16)5-14(12)18-15(10)19/h2,4-8,15,17-18H,3H2,1H3. The molecule has 1 unspecified atom stereocenters. The van der Waals surface area contributed by atoms with Gasteiger partial charge in [-0.25, -0.2) is 0 Å². The molecule has 0 fully saturated rings. The Morgan fingerprint density at radius 3 is 3.11 bits per heavy atom. The normalized spacial score (nSPS) is 22.6. The van der Waals surface area contributed by atoms with Crippen molar-refractivity contribution in [3.63, 3.8) is 0 Å². The molecule has 0 radical (unpaired) electrons. The molecule has 2 N–H and O–H groups in total. The lowest BCUT2D eigenvalue weighted by atomic mass is 10.0. The Balaban J connectivity index is 2.00. The first-order valence-corrected chi connectivity index (χ1v) is 6.76. The maximum atomic E-state index is 6.28. The molecule has 0 aliphatic carbocycles. The number of fused-ring (bicyclic) bond motifs is 3. The smallest absolute Gasteiger partial charge is 0.122 e. The Morgan fingerprint density at radius 2 is 2.21 bits per heavy atom. The lowest BCUT2D eigenvalue weighted by molar-refractivity contribution is 0.415. The van der Waals surface area contributed by atoms with Crippen molar-refractivity contribution in [3.8, 4) is 0 Å². The zero-order valence-corrected chi connectivity index (χ0v) is 11.3. The van der Waals surface area contributed by atoms with Gasteiger partial charge < -0.3 is 15.5 Å². The lowest BCUT2D eigenvalue weighted by Crippen LogP contribution is -2.34. The van der Waals surface area contributed by atoms with Crippen molar-refractivity contribution in [2.24, 2.45) is 0 Å². The molecule has 3 aliphatic rings. The summed E-state index contributed by atoms with van der Waals surface area (Å²) in [5.41, 5.74) is 3.72. The van der Waals surface area contributed by atoms with Gasteiger partial charge in [-0.05, 0) is 30.3 Å². The van der Waals surface area contributed by atoms with Crippen LogP contribution in [0.5, 0.6) is 0 Å². The van der Waals surface area contributed by atoms with E-state index in [9.17, 15) is 0 Å². The second kappa shape index (κ2) is 3.81. The van der Waals surface area contributed by atoms with Crippen LogP contribution in [0, 0.1) is 0 Å². The van der Waals surface area contributed by atoms with Gasteiger partial charge in [0.1, 0.15) is 6.17 Å². The zero-order valence-electron chi connectivity index (χ0n) is 10.6. The molecule has 19 heavy (non-hydrogen) atoms. The predicted octanol–water partition coefficient (Wildman–Crippen LogP) is 1.32. The maximum absolute atomic E-state index is 6.28. The molecular weight excluding hydrogens is 258 g/mol. The highest BCUT2D eigenvalue weighted by Crippen LogP contribution is 2.27. The Kier molecular flexibility index (Phi) is 2.21. The minimum Gasteiger partial charge on any atom is -0.366 e. The van der Waals surface area contributed by atoms with Crippen LogP contribution in [0.4, 0.5) is 5.69 Å². The van der Waals surface area contributed by atoms with Gasteiger partial charge in [0.25, 0.3) is 0 Å². The van der Waals surface area contributed by atoms with E-state index in [1.54, 1.807) is 0 Å². The van der Waals surface area contributed by atoms with Gasteiger partial charge in [0, 0.05) is 41.1 Å². The largest absolute Gasteiger partial charge is 0.366 e. The average molecular weight is 272 g/mol. The summed E-state index contributed by atoms with van der Waals surface area (Å²) in [5, 5.41) is 9.85. The van der Waals surface area contributed by atoms with Crippen LogP contribution in [-0.2, 0) is 0 Å². The number of nitrogens with zero attached hydrogens (tertiary/aromatic N) is 1. The number of benzene rings is 1. The third-order valence-corrected chi connectivity index (χ3v) is 4.26. The Morgan fingerprint density at radius 1 is 1.32 bits per heavy atom. The molecule has 1 aromatic rings. The van der Waals surface area contributed by atoms with E-state index in [-0.39, 0.29) is 6.17 Å². The third-order valence-electron chi connectivity index (χ3n) is 3.95. The lowest BCUT2D eigenvalue weighted by Gasteiger charge is -2.29. The van der Waals surface area contributed by atoms with Gasteiger partial charge in [0.2, 0.25) is 0 Å². The number of hydrogen-bond donors (Lipinski definition) is 2. The Labute approximate surface area is 116 Å². The molecule has 3 aliphatic heterocycles. The van der Waals surface area contributed by atoms with E-state index in [0.717, 1.165) is 22.2 Å². The van der Waals surface area contributed by atoms with Crippen LogP contribution in [0.1, 0.15) is 12.0 Å². The number of anilines is 1. The van der Waals surface area contributed by atoms with Crippen molar-refractivity contribution in [1.29, 1.82) is 0 Å². The van der Waals surface area contributed by atoms with E-state index in [0.29, 0.717) is 0 Å². The molecule has 4 heteroatoms. The number of rotatable bonds is 0. The summed E-state index contributed by atoms with van der Waals surface area (Å²) >= 11 is 6.28. The molecule has 3 nitrogen and oxygen atoms in total. The molecule has 0 amide bonds. The van der Waals surface area contributed by atoms with E-state index < -0.39 is 0 Å². The van der Waals surface area contributed by atoms with E-state index in [1.807, 2.05) is 12.4 Å². The van der Waals surface area contributed by atoms with Gasteiger partial charge in [-0.1, -0.05) is 17.7 Å². The molecule has 3 heterocycles. The van der Waals surface area contributed by atoms with Gasteiger partial charge in [0.05, 0.1) is 5.03 Å². The summed E-state index contributed by atoms with van der Waals surface area (Å²) in [4.78, 5) is 2.21. The van der Waals surface area contributed by atoms with Crippen LogP contribution in [0.2, 0.25) is 0 Å². The highest BCUT2D eigenvalue weighted by molar-refractivity contribution is 6.48. The summed E-state index contributed by atoms with van der Waals surface area (Å²) in [6.07, 6.45) is 9.42. The van der Waals surface area contributed by atoms with E-state index >= 15 is 0 Å². The third kappa shape index (κ3) is 1.51. The van der Waals surface area contributed by atoms with Crippen molar-refractivity contribution < 1.29 is 0 Å². The first-order chi connectivity index (χ1) is 9.24. The summed E-state index contributed by atoms with van der Waals surface area (Å²) < 4.78 is 0. The number of allylic oxidation sites excluding steroid dienone is 1. The minimum absolute atomic E-state index is 0.277. The zero-order chi connectivity index (χ0) is 13.0. The molecule has 96 valence electrons. The van der Waals surface area contributed by atoms with Crippen LogP contribution >= 0.6 is 11.6 Å². The minimum atomic E-state index is 0.277. The highest BCUT2D eigenvalue weighted by Gasteiger charge is 2.27. The van der Waals surface area contributed by atoms with Crippen molar-refractivity contribution in [2.45, 2.75) is 12.6 Å². The molecule has 0 aromatic heterocycles. The number of halogens is 1. The highest BCUT2D eigenvalue weighted by atomic mass is 35.5. The van der Waals surface area contributed by atoms with Gasteiger partial charge in [-0.2, -0.15) is 0 Å². The van der Waals surface area contributed by atoms with Crippen molar-refractivity contribution >= 4 is 34.1 Å². The predicted molar refractivity (Wildman–Crippen MR) is 79.5 cm³/mol. The molecule has 1 atom stereocenters. The van der Waals surface area contributed by atoms with Gasteiger partial charge >= 0.3 is 0 Å². The molecule has 4 rings (SSSR count). The van der Waals surface area contributed by atoms with Crippen molar-refractivity contribution in [3.05, 3.63) is 46.6 Å². The van der Waals surface area contributed by atoms with Crippen molar-refractivity contribution in [1.82, 2.24) is 10.2 Å². The summed E-state index contributed by atoms with van der Waals surface area (Å²) in [6.45, 7) is 0. The Bertz CT molecular complexity index is 745. The Hall–Kier alpha value is -1.87. The molecule has 0 bridgehead atoms.